The number of fused-ring (bicyclic) bond motifs is 1. The smallest absolute Gasteiger partial charge is 0.279 e. The van der Waals surface area contributed by atoms with Crippen LogP contribution < -0.4 is 4.80 Å². The molecule has 164 valence electrons. The van der Waals surface area contributed by atoms with Gasteiger partial charge >= 0.3 is 0 Å². The van der Waals surface area contributed by atoms with E-state index in [0.717, 1.165) is 35.9 Å². The third-order valence-corrected chi connectivity index (χ3v) is 8.98. The number of aromatic nitrogens is 1. The number of sulfonamides is 1. The van der Waals surface area contributed by atoms with E-state index in [2.05, 4.69) is 4.99 Å². The molecule has 1 aliphatic rings. The highest BCUT2D eigenvalue weighted by molar-refractivity contribution is 7.89. The molecule has 0 N–H and O–H groups in total. The second-order valence-electron chi connectivity index (χ2n) is 7.64. The summed E-state index contributed by atoms with van der Waals surface area (Å²) in [6.45, 7) is 2.66. The van der Waals surface area contributed by atoms with Crippen LogP contribution in [0.25, 0.3) is 10.2 Å². The van der Waals surface area contributed by atoms with E-state index in [1.54, 1.807) is 7.05 Å². The molecule has 9 heteroatoms. The van der Waals surface area contributed by atoms with Gasteiger partial charge in [0, 0.05) is 30.2 Å². The van der Waals surface area contributed by atoms with Gasteiger partial charge < -0.3 is 4.57 Å². The van der Waals surface area contributed by atoms with Crippen molar-refractivity contribution in [1.29, 1.82) is 0 Å². The molecule has 0 radical (unpaired) electrons. The Morgan fingerprint density at radius 3 is 2.52 bits per heavy atom. The van der Waals surface area contributed by atoms with Gasteiger partial charge in [-0.1, -0.05) is 35.8 Å². The van der Waals surface area contributed by atoms with Crippen molar-refractivity contribution in [2.24, 2.45) is 4.99 Å². The summed E-state index contributed by atoms with van der Waals surface area (Å²) < 4.78 is 30.2. The number of hydrogen-bond donors (Lipinski definition) is 0. The lowest BCUT2D eigenvalue weighted by molar-refractivity contribution is 0.0997. The first-order valence-electron chi connectivity index (χ1n) is 10.3. The molecular weight excluding hydrogens is 454 g/mol. The van der Waals surface area contributed by atoms with Gasteiger partial charge in [0.15, 0.2) is 4.80 Å². The molecule has 6 nitrogen and oxygen atoms in total. The van der Waals surface area contributed by atoms with E-state index in [9.17, 15) is 13.2 Å². The first kappa shape index (κ1) is 22.2. The van der Waals surface area contributed by atoms with Gasteiger partial charge in [-0.25, -0.2) is 8.42 Å². The molecule has 1 aromatic heterocycles. The molecule has 1 heterocycles. The Morgan fingerprint density at radius 1 is 1.19 bits per heavy atom. The number of carbonyl (C=O) groups is 1. The summed E-state index contributed by atoms with van der Waals surface area (Å²) in [6, 6.07) is 11.7. The van der Waals surface area contributed by atoms with Crippen LogP contribution in [0.5, 0.6) is 0 Å². The van der Waals surface area contributed by atoms with Crippen molar-refractivity contribution in [2.45, 2.75) is 50.1 Å². The maximum absolute atomic E-state index is 12.9. The van der Waals surface area contributed by atoms with Crippen molar-refractivity contribution in [3.05, 3.63) is 57.9 Å². The Labute approximate surface area is 190 Å². The molecule has 1 fully saturated rings. The van der Waals surface area contributed by atoms with E-state index in [-0.39, 0.29) is 10.9 Å². The van der Waals surface area contributed by atoms with Gasteiger partial charge in [0.05, 0.1) is 15.1 Å². The topological polar surface area (TPSA) is 71.7 Å². The Kier molecular flexibility index (Phi) is 6.35. The van der Waals surface area contributed by atoms with Crippen molar-refractivity contribution in [1.82, 2.24) is 8.87 Å². The van der Waals surface area contributed by atoms with Crippen LogP contribution in [0.4, 0.5) is 0 Å². The average Bonchev–Trinajstić information content (AvgIpc) is 3.40. The summed E-state index contributed by atoms with van der Waals surface area (Å²) in [5.41, 5.74) is 1.32. The fourth-order valence-electron chi connectivity index (χ4n) is 3.99. The quantitative estimate of drug-likeness (QED) is 0.535. The highest BCUT2D eigenvalue weighted by atomic mass is 35.5. The van der Waals surface area contributed by atoms with Gasteiger partial charge in [0.25, 0.3) is 5.91 Å². The molecule has 0 saturated heterocycles. The number of carbonyl (C=O) groups excluding carboxylic acids is 1. The van der Waals surface area contributed by atoms with Crippen molar-refractivity contribution >= 4 is 49.1 Å². The summed E-state index contributed by atoms with van der Waals surface area (Å²) in [6.07, 6.45) is 3.90. The number of amides is 1. The maximum Gasteiger partial charge on any atom is 0.279 e. The predicted octanol–water partition coefficient (Wildman–Crippen LogP) is 4.68. The number of thiazole rings is 1. The Hall–Kier alpha value is -2.00. The van der Waals surface area contributed by atoms with Crippen LogP contribution >= 0.6 is 22.9 Å². The van der Waals surface area contributed by atoms with Crippen LogP contribution in [0.1, 0.15) is 43.0 Å². The van der Waals surface area contributed by atoms with E-state index >= 15 is 0 Å². The van der Waals surface area contributed by atoms with Crippen molar-refractivity contribution in [3.63, 3.8) is 0 Å². The fraction of sp³-hybridized carbons (Fsp3) is 0.364. The highest BCUT2D eigenvalue weighted by Crippen LogP contribution is 2.27. The Bertz CT molecular complexity index is 1290. The number of aryl methyl sites for hydroxylation is 1. The number of nitrogens with zero attached hydrogens (tertiary/aromatic N) is 3. The monoisotopic (exact) mass is 477 g/mol. The summed E-state index contributed by atoms with van der Waals surface area (Å²) in [4.78, 5) is 17.8. The van der Waals surface area contributed by atoms with Crippen LogP contribution in [0.3, 0.4) is 0 Å². The van der Waals surface area contributed by atoms with Gasteiger partial charge in [-0.05, 0) is 62.2 Å². The standard InChI is InChI=1S/C22H24ClN3O3S2/c1-3-26-19-13-10-16(23)14-20(19)30-22(26)24-21(27)15-8-11-18(12-9-15)31(28,29)25(2)17-6-4-5-7-17/h8-14,17H,3-7H2,1-2H3. The summed E-state index contributed by atoms with van der Waals surface area (Å²) in [5, 5.41) is 0.634. The predicted molar refractivity (Wildman–Crippen MR) is 124 cm³/mol. The van der Waals surface area contributed by atoms with E-state index in [1.807, 2.05) is 29.7 Å². The second kappa shape index (κ2) is 8.86. The lowest BCUT2D eigenvalue weighted by atomic mass is 10.2. The largest absolute Gasteiger partial charge is 0.317 e. The first-order valence-corrected chi connectivity index (χ1v) is 12.9. The molecule has 0 bridgehead atoms. The van der Waals surface area contributed by atoms with E-state index in [4.69, 9.17) is 11.6 Å². The minimum atomic E-state index is -3.58. The zero-order chi connectivity index (χ0) is 22.2. The van der Waals surface area contributed by atoms with E-state index in [1.165, 1.54) is 39.9 Å². The SMILES string of the molecule is CCn1c(=NC(=O)c2ccc(S(=O)(=O)N(C)C3CCCC3)cc2)sc2cc(Cl)ccc21. The fourth-order valence-corrected chi connectivity index (χ4v) is 6.77. The van der Waals surface area contributed by atoms with Gasteiger partial charge in [-0.15, -0.1) is 0 Å². The zero-order valence-corrected chi connectivity index (χ0v) is 19.8. The molecule has 31 heavy (non-hydrogen) atoms. The van der Waals surface area contributed by atoms with Gasteiger partial charge in [-0.3, -0.25) is 4.79 Å². The summed E-state index contributed by atoms with van der Waals surface area (Å²) >= 11 is 7.49. The maximum atomic E-state index is 12.9. The van der Waals surface area contributed by atoms with Gasteiger partial charge in [0.2, 0.25) is 10.0 Å². The second-order valence-corrected chi connectivity index (χ2v) is 11.1. The van der Waals surface area contributed by atoms with Crippen molar-refractivity contribution in [2.75, 3.05) is 7.05 Å². The van der Waals surface area contributed by atoms with Crippen LogP contribution in [-0.4, -0.2) is 36.3 Å². The van der Waals surface area contributed by atoms with Crippen LogP contribution in [-0.2, 0) is 16.6 Å². The highest BCUT2D eigenvalue weighted by Gasteiger charge is 2.30. The van der Waals surface area contributed by atoms with E-state index in [0.29, 0.717) is 21.9 Å². The number of halogens is 1. The molecular formula is C22H24ClN3O3S2. The molecule has 0 aliphatic heterocycles. The number of hydrogen-bond acceptors (Lipinski definition) is 4. The molecule has 4 rings (SSSR count). The Balaban J connectivity index is 1.62. The number of rotatable bonds is 5. The summed E-state index contributed by atoms with van der Waals surface area (Å²) in [5.74, 6) is -0.409. The van der Waals surface area contributed by atoms with Crippen molar-refractivity contribution < 1.29 is 13.2 Å². The normalized spacial score (nSPS) is 15.9. The first-order chi connectivity index (χ1) is 14.8. The summed E-state index contributed by atoms with van der Waals surface area (Å²) in [7, 11) is -1.94. The molecule has 1 aliphatic carbocycles. The molecule has 0 atom stereocenters. The van der Waals surface area contributed by atoms with Crippen molar-refractivity contribution in [3.8, 4) is 0 Å². The molecule has 0 unspecified atom stereocenters. The average molecular weight is 478 g/mol. The zero-order valence-electron chi connectivity index (χ0n) is 17.4. The minimum absolute atomic E-state index is 0.0484. The molecule has 1 saturated carbocycles. The van der Waals surface area contributed by atoms with Gasteiger partial charge in [-0.2, -0.15) is 9.30 Å². The molecule has 2 aromatic carbocycles. The molecule has 0 spiro atoms. The van der Waals surface area contributed by atoms with E-state index < -0.39 is 15.9 Å². The molecule has 3 aromatic rings. The van der Waals surface area contributed by atoms with Crippen LogP contribution in [0.15, 0.2) is 52.4 Å². The minimum Gasteiger partial charge on any atom is -0.317 e. The lowest BCUT2D eigenvalue weighted by Gasteiger charge is -2.23. The number of benzene rings is 2. The van der Waals surface area contributed by atoms with Crippen LogP contribution in [0.2, 0.25) is 5.02 Å². The third-order valence-electron chi connectivity index (χ3n) is 5.78. The molecule has 1 amide bonds. The van der Waals surface area contributed by atoms with Crippen LogP contribution in [0, 0.1) is 0 Å². The Morgan fingerprint density at radius 2 is 1.87 bits per heavy atom. The third kappa shape index (κ3) is 4.35. The lowest BCUT2D eigenvalue weighted by Crippen LogP contribution is -2.35. The van der Waals surface area contributed by atoms with Gasteiger partial charge in [0.1, 0.15) is 0 Å².